The normalized spacial score (nSPS) is 24.6. The Labute approximate surface area is 106 Å². The van der Waals surface area contributed by atoms with Crippen LogP contribution in [0.15, 0.2) is 12.2 Å². The maximum absolute atomic E-state index is 8.83. The van der Waals surface area contributed by atoms with E-state index in [4.69, 9.17) is 5.26 Å². The number of hydrogen-bond acceptors (Lipinski definition) is 2. The molecule has 0 spiro atoms. The van der Waals surface area contributed by atoms with Gasteiger partial charge in [-0.3, -0.25) is 4.90 Å². The molecule has 1 aliphatic carbocycles. The molecule has 0 amide bonds. The second-order valence-corrected chi connectivity index (χ2v) is 5.67. The zero-order valence-electron chi connectivity index (χ0n) is 11.7. The van der Waals surface area contributed by atoms with Gasteiger partial charge in [0.15, 0.2) is 0 Å². The molecule has 17 heavy (non-hydrogen) atoms. The fraction of sp³-hybridized carbons (Fsp3) is 0.800. The van der Waals surface area contributed by atoms with Gasteiger partial charge in [0.05, 0.1) is 12.0 Å². The Morgan fingerprint density at radius 1 is 1.18 bits per heavy atom. The van der Waals surface area contributed by atoms with Gasteiger partial charge >= 0.3 is 0 Å². The van der Waals surface area contributed by atoms with E-state index in [9.17, 15) is 0 Å². The van der Waals surface area contributed by atoms with Crippen molar-refractivity contribution in [3.05, 3.63) is 12.2 Å². The van der Waals surface area contributed by atoms with Crippen molar-refractivity contribution in [2.45, 2.75) is 59.0 Å². The molecular formula is C15H26N2. The summed E-state index contributed by atoms with van der Waals surface area (Å²) in [5, 5.41) is 8.83. The van der Waals surface area contributed by atoms with Gasteiger partial charge in [-0.05, 0) is 59.4 Å². The van der Waals surface area contributed by atoms with E-state index in [1.54, 1.807) is 0 Å². The lowest BCUT2D eigenvalue weighted by atomic mass is 9.87. The molecule has 1 aliphatic rings. The van der Waals surface area contributed by atoms with Crippen molar-refractivity contribution >= 4 is 0 Å². The summed E-state index contributed by atoms with van der Waals surface area (Å²) < 4.78 is 0. The summed E-state index contributed by atoms with van der Waals surface area (Å²) in [5.74, 6) is 0.845. The van der Waals surface area contributed by atoms with Gasteiger partial charge < -0.3 is 0 Å². The predicted molar refractivity (Wildman–Crippen MR) is 72.6 cm³/mol. The first-order chi connectivity index (χ1) is 8.04. The Kier molecular flexibility index (Phi) is 5.71. The van der Waals surface area contributed by atoms with Crippen LogP contribution in [-0.2, 0) is 0 Å². The van der Waals surface area contributed by atoms with Crippen LogP contribution in [0.25, 0.3) is 0 Å². The van der Waals surface area contributed by atoms with Gasteiger partial charge in [0.2, 0.25) is 0 Å². The van der Waals surface area contributed by atoms with Crippen LogP contribution in [-0.4, -0.2) is 23.5 Å². The van der Waals surface area contributed by atoms with Gasteiger partial charge in [0, 0.05) is 12.1 Å². The number of hydrogen-bond donors (Lipinski definition) is 0. The molecule has 0 aromatic rings. The maximum Gasteiger partial charge on any atom is 0.0697 e. The van der Waals surface area contributed by atoms with E-state index in [1.807, 2.05) is 0 Å². The first-order valence-corrected chi connectivity index (χ1v) is 6.88. The molecule has 0 bridgehead atoms. The van der Waals surface area contributed by atoms with Crippen LogP contribution < -0.4 is 0 Å². The molecule has 2 unspecified atom stereocenters. The zero-order valence-corrected chi connectivity index (χ0v) is 11.7. The fourth-order valence-electron chi connectivity index (χ4n) is 2.65. The lowest BCUT2D eigenvalue weighted by Crippen LogP contribution is -2.38. The van der Waals surface area contributed by atoms with Crippen molar-refractivity contribution in [3.63, 3.8) is 0 Å². The van der Waals surface area contributed by atoms with Crippen LogP contribution in [0, 0.1) is 23.2 Å². The Bertz CT molecular complexity index is 278. The molecule has 2 heteroatoms. The number of nitriles is 1. The summed E-state index contributed by atoms with van der Waals surface area (Å²) in [6.07, 6.45) is 7.81. The molecule has 0 aliphatic heterocycles. The second-order valence-electron chi connectivity index (χ2n) is 5.67. The van der Waals surface area contributed by atoms with Gasteiger partial charge in [-0.25, -0.2) is 0 Å². The molecule has 0 heterocycles. The molecule has 0 N–H and O–H groups in total. The molecule has 0 radical (unpaired) electrons. The van der Waals surface area contributed by atoms with Crippen LogP contribution in [0.1, 0.15) is 47.0 Å². The summed E-state index contributed by atoms with van der Waals surface area (Å²) in [7, 11) is 0. The topological polar surface area (TPSA) is 27.0 Å². The molecule has 0 fully saturated rings. The largest absolute Gasteiger partial charge is 0.299 e. The Morgan fingerprint density at radius 3 is 2.24 bits per heavy atom. The van der Waals surface area contributed by atoms with E-state index in [2.05, 4.69) is 50.8 Å². The zero-order chi connectivity index (χ0) is 12.8. The quantitative estimate of drug-likeness (QED) is 0.680. The van der Waals surface area contributed by atoms with Crippen molar-refractivity contribution in [1.82, 2.24) is 4.90 Å². The average Bonchev–Trinajstić information content (AvgIpc) is 2.29. The standard InChI is InChI=1S/C15H26N2/c1-12(2)17(13(3)4)10-9-14-5-7-15(11-16)8-6-14/h5,7,12-15H,6,8-10H2,1-4H3. The Morgan fingerprint density at radius 2 is 1.82 bits per heavy atom. The molecule has 0 aromatic carbocycles. The Balaban J connectivity index is 2.38. The number of nitrogens with zero attached hydrogens (tertiary/aromatic N) is 2. The summed E-state index contributed by atoms with van der Waals surface area (Å²) >= 11 is 0. The fourth-order valence-corrected chi connectivity index (χ4v) is 2.65. The van der Waals surface area contributed by atoms with Crippen molar-refractivity contribution in [3.8, 4) is 6.07 Å². The molecule has 96 valence electrons. The summed E-state index contributed by atoms with van der Waals surface area (Å²) in [5.41, 5.74) is 0. The van der Waals surface area contributed by atoms with E-state index >= 15 is 0 Å². The lowest BCUT2D eigenvalue weighted by Gasteiger charge is -2.32. The van der Waals surface area contributed by atoms with Gasteiger partial charge in [0.25, 0.3) is 0 Å². The van der Waals surface area contributed by atoms with Crippen LogP contribution in [0.4, 0.5) is 0 Å². The third-order valence-corrected chi connectivity index (χ3v) is 3.71. The molecule has 0 saturated carbocycles. The van der Waals surface area contributed by atoms with Crippen molar-refractivity contribution < 1.29 is 0 Å². The van der Waals surface area contributed by atoms with E-state index in [0.29, 0.717) is 18.0 Å². The Hall–Kier alpha value is -0.810. The van der Waals surface area contributed by atoms with E-state index in [0.717, 1.165) is 6.42 Å². The smallest absolute Gasteiger partial charge is 0.0697 e. The highest BCUT2D eigenvalue weighted by atomic mass is 15.2. The summed E-state index contributed by atoms with van der Waals surface area (Å²) in [4.78, 5) is 2.55. The average molecular weight is 234 g/mol. The number of rotatable bonds is 5. The molecule has 0 saturated heterocycles. The van der Waals surface area contributed by atoms with E-state index < -0.39 is 0 Å². The van der Waals surface area contributed by atoms with Gasteiger partial charge in [-0.2, -0.15) is 5.26 Å². The summed E-state index contributed by atoms with van der Waals surface area (Å²) in [6, 6.07) is 3.57. The van der Waals surface area contributed by atoms with Crippen LogP contribution in [0.5, 0.6) is 0 Å². The molecule has 2 nitrogen and oxygen atoms in total. The van der Waals surface area contributed by atoms with E-state index in [-0.39, 0.29) is 5.92 Å². The maximum atomic E-state index is 8.83. The minimum Gasteiger partial charge on any atom is -0.299 e. The third-order valence-electron chi connectivity index (χ3n) is 3.71. The molecule has 0 aromatic heterocycles. The van der Waals surface area contributed by atoms with Crippen molar-refractivity contribution in [2.75, 3.05) is 6.54 Å². The first kappa shape index (κ1) is 14.3. The first-order valence-electron chi connectivity index (χ1n) is 6.88. The van der Waals surface area contributed by atoms with Gasteiger partial charge in [-0.1, -0.05) is 12.2 Å². The molecular weight excluding hydrogens is 208 g/mol. The second kappa shape index (κ2) is 6.81. The number of allylic oxidation sites excluding steroid dienone is 2. The predicted octanol–water partition coefficient (Wildman–Crippen LogP) is 3.60. The van der Waals surface area contributed by atoms with Gasteiger partial charge in [-0.15, -0.1) is 0 Å². The molecule has 2 atom stereocenters. The summed E-state index contributed by atoms with van der Waals surface area (Å²) in [6.45, 7) is 10.2. The highest BCUT2D eigenvalue weighted by Crippen LogP contribution is 2.24. The minimum atomic E-state index is 0.164. The van der Waals surface area contributed by atoms with Crippen LogP contribution >= 0.6 is 0 Å². The van der Waals surface area contributed by atoms with Crippen LogP contribution in [0.3, 0.4) is 0 Å². The lowest BCUT2D eigenvalue weighted by molar-refractivity contribution is 0.164. The third kappa shape index (κ3) is 4.52. The monoisotopic (exact) mass is 234 g/mol. The van der Waals surface area contributed by atoms with E-state index in [1.165, 1.54) is 19.4 Å². The SMILES string of the molecule is CC(C)N(CCC1C=CC(C#N)CC1)C(C)C. The molecule has 1 rings (SSSR count). The van der Waals surface area contributed by atoms with Gasteiger partial charge in [0.1, 0.15) is 0 Å². The van der Waals surface area contributed by atoms with Crippen LogP contribution in [0.2, 0.25) is 0 Å². The highest BCUT2D eigenvalue weighted by molar-refractivity contribution is 5.06. The van der Waals surface area contributed by atoms with Crippen molar-refractivity contribution in [2.24, 2.45) is 11.8 Å². The minimum absolute atomic E-state index is 0.164. The highest BCUT2D eigenvalue weighted by Gasteiger charge is 2.18. The van der Waals surface area contributed by atoms with Crippen molar-refractivity contribution in [1.29, 1.82) is 5.26 Å².